The van der Waals surface area contributed by atoms with Gasteiger partial charge in [-0.1, -0.05) is 38.4 Å². The van der Waals surface area contributed by atoms with Gasteiger partial charge < -0.3 is 15.2 Å². The third-order valence-electron chi connectivity index (χ3n) is 2.60. The zero-order valence-corrected chi connectivity index (χ0v) is 12.0. The van der Waals surface area contributed by atoms with Crippen molar-refractivity contribution in [2.75, 3.05) is 13.2 Å². The van der Waals surface area contributed by atoms with E-state index in [-0.39, 0.29) is 12.5 Å². The normalized spacial score (nSPS) is 12.8. The fourth-order valence-electron chi connectivity index (χ4n) is 1.44. The highest BCUT2D eigenvalue weighted by atomic mass is 35.5. The molecule has 3 nitrogen and oxygen atoms in total. The molecule has 1 aromatic carbocycles. The molecule has 0 saturated carbocycles. The minimum absolute atomic E-state index is 0.120. The zero-order valence-electron chi connectivity index (χ0n) is 11.2. The number of halogens is 1. The predicted octanol–water partition coefficient (Wildman–Crippen LogP) is 2.85. The molecular formula is C14H22ClNO2. The molecule has 1 unspecified atom stereocenters. The zero-order chi connectivity index (χ0) is 13.5. The summed E-state index contributed by atoms with van der Waals surface area (Å²) in [6, 6.07) is 6.04. The maximum Gasteiger partial charge on any atom is 0.125 e. The predicted molar refractivity (Wildman–Crippen MR) is 75.2 cm³/mol. The molecule has 1 atom stereocenters. The van der Waals surface area contributed by atoms with E-state index in [0.717, 1.165) is 11.3 Å². The van der Waals surface area contributed by atoms with Gasteiger partial charge in [0.25, 0.3) is 0 Å². The molecule has 0 saturated heterocycles. The summed E-state index contributed by atoms with van der Waals surface area (Å²) in [6.07, 6.45) is 0. The summed E-state index contributed by atoms with van der Waals surface area (Å²) < 4.78 is 5.72. The van der Waals surface area contributed by atoms with Crippen molar-refractivity contribution in [2.24, 2.45) is 5.92 Å². The van der Waals surface area contributed by atoms with Crippen molar-refractivity contribution in [2.45, 2.75) is 33.4 Å². The molecule has 0 radical (unpaired) electrons. The minimum Gasteiger partial charge on any atom is -0.493 e. The number of benzene rings is 1. The van der Waals surface area contributed by atoms with Gasteiger partial charge in [0.15, 0.2) is 0 Å². The highest BCUT2D eigenvalue weighted by Gasteiger charge is 2.10. The van der Waals surface area contributed by atoms with Gasteiger partial charge in [0.1, 0.15) is 5.75 Å². The average Bonchev–Trinajstić information content (AvgIpc) is 2.34. The van der Waals surface area contributed by atoms with Gasteiger partial charge in [0.05, 0.1) is 6.61 Å². The maximum atomic E-state index is 8.99. The van der Waals surface area contributed by atoms with E-state index in [2.05, 4.69) is 19.2 Å². The Morgan fingerprint density at radius 2 is 2.06 bits per heavy atom. The number of hydrogen-bond acceptors (Lipinski definition) is 3. The van der Waals surface area contributed by atoms with Gasteiger partial charge in [-0.15, -0.1) is 0 Å². The molecule has 4 heteroatoms. The summed E-state index contributed by atoms with van der Waals surface area (Å²) in [6.45, 7) is 7.42. The van der Waals surface area contributed by atoms with Gasteiger partial charge >= 0.3 is 0 Å². The van der Waals surface area contributed by atoms with E-state index in [4.69, 9.17) is 21.4 Å². The molecule has 2 N–H and O–H groups in total. The van der Waals surface area contributed by atoms with Gasteiger partial charge in [-0.2, -0.15) is 0 Å². The Hall–Kier alpha value is -0.770. The fraction of sp³-hybridized carbons (Fsp3) is 0.571. The molecule has 0 aliphatic heterocycles. The third-order valence-corrected chi connectivity index (χ3v) is 2.95. The maximum absolute atomic E-state index is 8.99. The van der Waals surface area contributed by atoms with Crippen molar-refractivity contribution in [1.29, 1.82) is 0 Å². The quantitative estimate of drug-likeness (QED) is 0.801. The van der Waals surface area contributed by atoms with Crippen LogP contribution in [-0.2, 0) is 6.54 Å². The van der Waals surface area contributed by atoms with E-state index in [0.29, 0.717) is 24.2 Å². The summed E-state index contributed by atoms with van der Waals surface area (Å²) in [7, 11) is 0. The van der Waals surface area contributed by atoms with Gasteiger partial charge in [0, 0.05) is 35.7 Å². The molecule has 1 rings (SSSR count). The number of hydrogen-bond donors (Lipinski definition) is 2. The molecule has 0 spiro atoms. The van der Waals surface area contributed by atoms with Crippen LogP contribution in [0.15, 0.2) is 18.2 Å². The van der Waals surface area contributed by atoms with Crippen LogP contribution >= 0.6 is 11.6 Å². The van der Waals surface area contributed by atoms with Crippen molar-refractivity contribution in [3.05, 3.63) is 28.8 Å². The summed E-state index contributed by atoms with van der Waals surface area (Å²) in [4.78, 5) is 0. The molecule has 0 fully saturated rings. The Kier molecular flexibility index (Phi) is 6.47. The van der Waals surface area contributed by atoms with Crippen LogP contribution in [0, 0.1) is 5.92 Å². The first kappa shape index (κ1) is 15.3. The SMILES string of the molecule is CC(CO)COc1cccc(Cl)c1CNC(C)C. The molecule has 0 aromatic heterocycles. The molecule has 0 bridgehead atoms. The Morgan fingerprint density at radius 1 is 1.33 bits per heavy atom. The number of rotatable bonds is 7. The second-order valence-corrected chi connectivity index (χ2v) is 5.26. The molecule has 0 aliphatic carbocycles. The van der Waals surface area contributed by atoms with Crippen LogP contribution in [0.2, 0.25) is 5.02 Å². The van der Waals surface area contributed by atoms with Crippen LogP contribution in [0.3, 0.4) is 0 Å². The summed E-state index contributed by atoms with van der Waals surface area (Å²) >= 11 is 6.19. The first-order chi connectivity index (χ1) is 8.54. The van der Waals surface area contributed by atoms with Crippen molar-refractivity contribution < 1.29 is 9.84 Å². The van der Waals surface area contributed by atoms with Crippen LogP contribution in [0.1, 0.15) is 26.3 Å². The summed E-state index contributed by atoms with van der Waals surface area (Å²) in [5.74, 6) is 0.908. The Labute approximate surface area is 114 Å². The molecular weight excluding hydrogens is 250 g/mol. The monoisotopic (exact) mass is 271 g/mol. The van der Waals surface area contributed by atoms with Crippen molar-refractivity contribution in [3.63, 3.8) is 0 Å². The van der Waals surface area contributed by atoms with Crippen LogP contribution in [0.5, 0.6) is 5.75 Å². The largest absolute Gasteiger partial charge is 0.493 e. The van der Waals surface area contributed by atoms with Gasteiger partial charge in [-0.25, -0.2) is 0 Å². The molecule has 0 amide bonds. The first-order valence-corrected chi connectivity index (χ1v) is 6.66. The summed E-state index contributed by atoms with van der Waals surface area (Å²) in [5, 5.41) is 13.0. The molecule has 18 heavy (non-hydrogen) atoms. The van der Waals surface area contributed by atoms with E-state index in [1.54, 1.807) is 0 Å². The van der Waals surface area contributed by atoms with Crippen molar-refractivity contribution in [1.82, 2.24) is 5.32 Å². The minimum atomic E-state index is 0.120. The Balaban J connectivity index is 2.73. The lowest BCUT2D eigenvalue weighted by molar-refractivity contribution is 0.173. The summed E-state index contributed by atoms with van der Waals surface area (Å²) in [5.41, 5.74) is 0.970. The Morgan fingerprint density at radius 3 is 2.67 bits per heavy atom. The molecule has 0 aliphatic rings. The molecule has 1 aromatic rings. The highest BCUT2D eigenvalue weighted by molar-refractivity contribution is 6.31. The van der Waals surface area contributed by atoms with Crippen LogP contribution < -0.4 is 10.1 Å². The lowest BCUT2D eigenvalue weighted by atomic mass is 10.1. The average molecular weight is 272 g/mol. The highest BCUT2D eigenvalue weighted by Crippen LogP contribution is 2.26. The van der Waals surface area contributed by atoms with Crippen LogP contribution in [0.25, 0.3) is 0 Å². The number of nitrogens with one attached hydrogen (secondary N) is 1. The van der Waals surface area contributed by atoms with Crippen LogP contribution in [0.4, 0.5) is 0 Å². The van der Waals surface area contributed by atoms with Gasteiger partial charge in [-0.05, 0) is 12.1 Å². The lowest BCUT2D eigenvalue weighted by Gasteiger charge is -2.16. The van der Waals surface area contributed by atoms with E-state index >= 15 is 0 Å². The Bertz CT molecular complexity index is 369. The van der Waals surface area contributed by atoms with Gasteiger partial charge in [0.2, 0.25) is 0 Å². The van der Waals surface area contributed by atoms with Crippen molar-refractivity contribution in [3.8, 4) is 5.75 Å². The smallest absolute Gasteiger partial charge is 0.125 e. The molecule has 0 heterocycles. The van der Waals surface area contributed by atoms with E-state index in [1.807, 2.05) is 25.1 Å². The van der Waals surface area contributed by atoms with Crippen molar-refractivity contribution >= 4 is 11.6 Å². The second kappa shape index (κ2) is 7.62. The van der Waals surface area contributed by atoms with E-state index < -0.39 is 0 Å². The topological polar surface area (TPSA) is 41.5 Å². The van der Waals surface area contributed by atoms with Gasteiger partial charge in [-0.3, -0.25) is 0 Å². The van der Waals surface area contributed by atoms with E-state index in [1.165, 1.54) is 0 Å². The standard InChI is InChI=1S/C14H22ClNO2/c1-10(2)16-7-12-13(15)5-4-6-14(12)18-9-11(3)8-17/h4-6,10-11,16-17H,7-9H2,1-3H3. The molecule has 102 valence electrons. The number of ether oxygens (including phenoxy) is 1. The third kappa shape index (κ3) is 4.84. The lowest BCUT2D eigenvalue weighted by Crippen LogP contribution is -2.22. The van der Waals surface area contributed by atoms with E-state index in [9.17, 15) is 0 Å². The first-order valence-electron chi connectivity index (χ1n) is 6.29. The van der Waals surface area contributed by atoms with Crippen LogP contribution in [-0.4, -0.2) is 24.4 Å². The number of aliphatic hydroxyl groups excluding tert-OH is 1. The second-order valence-electron chi connectivity index (χ2n) is 4.85. The fourth-order valence-corrected chi connectivity index (χ4v) is 1.67. The number of aliphatic hydroxyl groups is 1.